The fourth-order valence-electron chi connectivity index (χ4n) is 1.06. The van der Waals surface area contributed by atoms with Gasteiger partial charge in [0, 0.05) is 19.7 Å². The minimum absolute atomic E-state index is 0.249. The Balaban J connectivity index is 2.76. The summed E-state index contributed by atoms with van der Waals surface area (Å²) in [5, 5.41) is 3.87. The third-order valence-corrected chi connectivity index (χ3v) is 2.83. The lowest BCUT2D eigenvalue weighted by Gasteiger charge is -2.23. The maximum Gasteiger partial charge on any atom is 0.191 e. The van der Waals surface area contributed by atoms with Crippen LogP contribution in [0.5, 0.6) is 0 Å². The van der Waals surface area contributed by atoms with E-state index in [4.69, 9.17) is 10.6 Å². The van der Waals surface area contributed by atoms with Crippen molar-refractivity contribution in [1.29, 1.82) is 0 Å². The highest BCUT2D eigenvalue weighted by molar-refractivity contribution is 7.98. The zero-order valence-electron chi connectivity index (χ0n) is 10.6. The van der Waals surface area contributed by atoms with Crippen LogP contribution in [0.4, 0.5) is 11.6 Å². The molecule has 0 bridgehead atoms. The summed E-state index contributed by atoms with van der Waals surface area (Å²) in [6, 6.07) is 1.76. The molecule has 7 heteroatoms. The van der Waals surface area contributed by atoms with Crippen molar-refractivity contribution in [2.24, 2.45) is 5.84 Å². The second-order valence-corrected chi connectivity index (χ2v) is 4.86. The molecule has 0 spiro atoms. The summed E-state index contributed by atoms with van der Waals surface area (Å²) in [4.78, 5) is 8.51. The number of ether oxygens (including phenoxy) is 1. The summed E-state index contributed by atoms with van der Waals surface area (Å²) in [5.41, 5.74) is 2.27. The second kappa shape index (κ2) is 6.04. The summed E-state index contributed by atoms with van der Waals surface area (Å²) in [5.74, 6) is 6.66. The van der Waals surface area contributed by atoms with Gasteiger partial charge in [0.2, 0.25) is 0 Å². The number of thioether (sulfide) groups is 1. The Morgan fingerprint density at radius 2 is 2.06 bits per heavy atom. The number of hydrogen-bond acceptors (Lipinski definition) is 7. The molecule has 1 aromatic rings. The maximum absolute atomic E-state index is 5.35. The van der Waals surface area contributed by atoms with Crippen LogP contribution in [0.25, 0.3) is 0 Å². The largest absolute Gasteiger partial charge is 0.377 e. The smallest absolute Gasteiger partial charge is 0.191 e. The fraction of sp³-hybridized carbons (Fsp3) is 0.600. The number of rotatable bonds is 6. The van der Waals surface area contributed by atoms with E-state index in [0.29, 0.717) is 17.5 Å². The normalized spacial score (nSPS) is 11.4. The Morgan fingerprint density at radius 1 is 1.41 bits per heavy atom. The van der Waals surface area contributed by atoms with E-state index in [1.54, 1.807) is 13.2 Å². The molecule has 0 saturated heterocycles. The van der Waals surface area contributed by atoms with Crippen LogP contribution in [0.15, 0.2) is 11.2 Å². The predicted octanol–water partition coefficient (Wildman–Crippen LogP) is 1.32. The van der Waals surface area contributed by atoms with Crippen molar-refractivity contribution in [3.05, 3.63) is 6.07 Å². The Kier molecular flexibility index (Phi) is 4.98. The summed E-state index contributed by atoms with van der Waals surface area (Å²) >= 11 is 1.46. The van der Waals surface area contributed by atoms with Gasteiger partial charge >= 0.3 is 0 Å². The van der Waals surface area contributed by atoms with Gasteiger partial charge in [0.05, 0.1) is 5.60 Å². The molecule has 0 amide bonds. The van der Waals surface area contributed by atoms with Crippen molar-refractivity contribution in [2.75, 3.05) is 30.7 Å². The number of hydrogen-bond donors (Lipinski definition) is 3. The van der Waals surface area contributed by atoms with Gasteiger partial charge in [-0.05, 0) is 20.1 Å². The van der Waals surface area contributed by atoms with E-state index in [1.807, 2.05) is 20.1 Å². The zero-order valence-corrected chi connectivity index (χ0v) is 11.4. The molecule has 0 unspecified atom stereocenters. The van der Waals surface area contributed by atoms with Crippen molar-refractivity contribution in [2.45, 2.75) is 24.6 Å². The van der Waals surface area contributed by atoms with Gasteiger partial charge < -0.3 is 15.5 Å². The number of methoxy groups -OCH3 is 1. The SMILES string of the molecule is COC(C)(C)CNc1cc(NN)nc(SC)n1. The molecule has 1 rings (SSSR count). The molecule has 0 radical (unpaired) electrons. The highest BCUT2D eigenvalue weighted by atomic mass is 32.2. The third-order valence-electron chi connectivity index (χ3n) is 2.28. The molecule has 96 valence electrons. The van der Waals surface area contributed by atoms with Gasteiger partial charge in [-0.15, -0.1) is 0 Å². The van der Waals surface area contributed by atoms with E-state index >= 15 is 0 Å². The van der Waals surface area contributed by atoms with Crippen LogP contribution in [0.2, 0.25) is 0 Å². The molecule has 4 N–H and O–H groups in total. The molecule has 0 fully saturated rings. The Morgan fingerprint density at radius 3 is 2.59 bits per heavy atom. The lowest BCUT2D eigenvalue weighted by atomic mass is 10.1. The van der Waals surface area contributed by atoms with Crippen molar-refractivity contribution >= 4 is 23.4 Å². The van der Waals surface area contributed by atoms with Gasteiger partial charge in [0.1, 0.15) is 11.6 Å². The van der Waals surface area contributed by atoms with Crippen LogP contribution in [0.3, 0.4) is 0 Å². The molecule has 0 atom stereocenters. The number of nitrogens with two attached hydrogens (primary N) is 1. The Labute approximate surface area is 106 Å². The molecule has 6 nitrogen and oxygen atoms in total. The predicted molar refractivity (Wildman–Crippen MR) is 71.2 cm³/mol. The van der Waals surface area contributed by atoms with Gasteiger partial charge in [0.15, 0.2) is 5.16 Å². The van der Waals surface area contributed by atoms with Crippen LogP contribution in [-0.2, 0) is 4.74 Å². The monoisotopic (exact) mass is 257 g/mol. The van der Waals surface area contributed by atoms with E-state index in [9.17, 15) is 0 Å². The number of anilines is 2. The summed E-state index contributed by atoms with van der Waals surface area (Å²) in [6.07, 6.45) is 1.92. The van der Waals surface area contributed by atoms with E-state index in [0.717, 1.165) is 5.82 Å². The van der Waals surface area contributed by atoms with E-state index < -0.39 is 0 Å². The molecule has 17 heavy (non-hydrogen) atoms. The molecule has 1 heterocycles. The van der Waals surface area contributed by atoms with Crippen LogP contribution in [-0.4, -0.2) is 35.5 Å². The molecule has 0 aliphatic rings. The van der Waals surface area contributed by atoms with E-state index in [1.165, 1.54) is 11.8 Å². The number of aromatic nitrogens is 2. The summed E-state index contributed by atoms with van der Waals surface area (Å²) in [6.45, 7) is 4.65. The van der Waals surface area contributed by atoms with Crippen LogP contribution < -0.4 is 16.6 Å². The fourth-order valence-corrected chi connectivity index (χ4v) is 1.44. The first kappa shape index (κ1) is 14.0. The molecule has 1 aromatic heterocycles. The van der Waals surface area contributed by atoms with E-state index in [-0.39, 0.29) is 5.60 Å². The highest BCUT2D eigenvalue weighted by Gasteiger charge is 2.16. The quantitative estimate of drug-likeness (QED) is 0.307. The topological polar surface area (TPSA) is 85.1 Å². The Bertz CT molecular complexity index is 349. The van der Waals surface area contributed by atoms with Gasteiger partial charge in [0.25, 0.3) is 0 Å². The molecule has 0 aliphatic carbocycles. The molecule has 0 saturated carbocycles. The minimum atomic E-state index is -0.249. The van der Waals surface area contributed by atoms with Gasteiger partial charge in [-0.25, -0.2) is 15.8 Å². The molecular weight excluding hydrogens is 238 g/mol. The first-order valence-electron chi connectivity index (χ1n) is 5.19. The minimum Gasteiger partial charge on any atom is -0.377 e. The second-order valence-electron chi connectivity index (χ2n) is 4.09. The summed E-state index contributed by atoms with van der Waals surface area (Å²) < 4.78 is 5.32. The summed E-state index contributed by atoms with van der Waals surface area (Å²) in [7, 11) is 1.68. The first-order chi connectivity index (χ1) is 8.00. The number of nitrogen functional groups attached to an aromatic ring is 1. The van der Waals surface area contributed by atoms with Crippen LogP contribution in [0.1, 0.15) is 13.8 Å². The van der Waals surface area contributed by atoms with Crippen molar-refractivity contribution < 1.29 is 4.74 Å². The van der Waals surface area contributed by atoms with Crippen molar-refractivity contribution in [3.8, 4) is 0 Å². The number of nitrogens with zero attached hydrogens (tertiary/aromatic N) is 2. The first-order valence-corrected chi connectivity index (χ1v) is 6.42. The third kappa shape index (κ3) is 4.37. The molecular formula is C10H19N5OS. The van der Waals surface area contributed by atoms with Gasteiger partial charge in [-0.3, -0.25) is 0 Å². The Hall–Kier alpha value is -1.05. The van der Waals surface area contributed by atoms with Gasteiger partial charge in [-0.2, -0.15) is 0 Å². The van der Waals surface area contributed by atoms with Crippen molar-refractivity contribution in [3.63, 3.8) is 0 Å². The average Bonchev–Trinajstić information content (AvgIpc) is 2.36. The van der Waals surface area contributed by atoms with Crippen LogP contribution in [0, 0.1) is 0 Å². The lowest BCUT2D eigenvalue weighted by Crippen LogP contribution is -2.32. The van der Waals surface area contributed by atoms with Crippen LogP contribution >= 0.6 is 11.8 Å². The molecule has 0 aromatic carbocycles. The standard InChI is InChI=1S/C10H19N5OS/c1-10(2,16-3)6-12-7-5-8(15-11)14-9(13-7)17-4/h5H,6,11H2,1-4H3,(H2,12,13,14,15). The number of hydrazine groups is 1. The zero-order chi connectivity index (χ0) is 12.9. The van der Waals surface area contributed by atoms with Crippen molar-refractivity contribution in [1.82, 2.24) is 9.97 Å². The average molecular weight is 257 g/mol. The van der Waals surface area contributed by atoms with E-state index in [2.05, 4.69) is 20.7 Å². The highest BCUT2D eigenvalue weighted by Crippen LogP contribution is 2.17. The maximum atomic E-state index is 5.35. The molecule has 0 aliphatic heterocycles. The lowest BCUT2D eigenvalue weighted by molar-refractivity contribution is 0.0343. The number of nitrogens with one attached hydrogen (secondary N) is 2. The van der Waals surface area contributed by atoms with Gasteiger partial charge in [-0.1, -0.05) is 11.8 Å².